The van der Waals surface area contributed by atoms with E-state index < -0.39 is 0 Å². The van der Waals surface area contributed by atoms with Crippen molar-refractivity contribution in [2.24, 2.45) is 0 Å². The van der Waals surface area contributed by atoms with E-state index >= 15 is 0 Å². The first-order valence-corrected chi connectivity index (χ1v) is 17.0. The highest BCUT2D eigenvalue weighted by molar-refractivity contribution is 5.84. The number of aromatic nitrogens is 3. The normalized spacial score (nSPS) is 17.7. The van der Waals surface area contributed by atoms with Crippen molar-refractivity contribution in [2.75, 3.05) is 0 Å². The summed E-state index contributed by atoms with van der Waals surface area (Å²) in [6.07, 6.45) is 7.45. The Morgan fingerprint density at radius 3 is 1.56 bits per heavy atom. The zero-order chi connectivity index (χ0) is 32.6. The van der Waals surface area contributed by atoms with Crippen LogP contribution < -0.4 is 0 Å². The largest absolute Gasteiger partial charge is 0.212 e. The molecule has 48 heavy (non-hydrogen) atoms. The Bertz CT molecular complexity index is 2200. The molecule has 0 amide bonds. The van der Waals surface area contributed by atoms with E-state index in [2.05, 4.69) is 161 Å². The van der Waals surface area contributed by atoms with Gasteiger partial charge in [-0.3, -0.25) is 0 Å². The van der Waals surface area contributed by atoms with Crippen molar-refractivity contribution in [3.8, 4) is 45.0 Å². The van der Waals surface area contributed by atoms with Gasteiger partial charge in [0.2, 0.25) is 0 Å². The highest BCUT2D eigenvalue weighted by Gasteiger charge is 2.37. The molecule has 3 heteroatoms. The number of fused-ring (bicyclic) bond motifs is 6. The molecule has 0 N–H and O–H groups in total. The van der Waals surface area contributed by atoms with Gasteiger partial charge in [0.25, 0.3) is 0 Å². The Kier molecular flexibility index (Phi) is 6.33. The molecule has 1 aromatic heterocycles. The summed E-state index contributed by atoms with van der Waals surface area (Å²) >= 11 is 0. The van der Waals surface area contributed by atoms with Crippen molar-refractivity contribution in [3.05, 3.63) is 167 Å². The summed E-state index contributed by atoms with van der Waals surface area (Å²) in [5.74, 6) is 2.28. The second kappa shape index (κ2) is 10.6. The van der Waals surface area contributed by atoms with Crippen LogP contribution in [0, 0.1) is 0 Å². The monoisotopic (exact) mass is 619 g/mol. The van der Waals surface area contributed by atoms with Crippen molar-refractivity contribution in [1.82, 2.24) is 15.0 Å². The lowest BCUT2D eigenvalue weighted by molar-refractivity contribution is 0.660. The molecule has 1 atom stereocenters. The maximum absolute atomic E-state index is 5.24. The van der Waals surface area contributed by atoms with Gasteiger partial charge in [-0.25, -0.2) is 15.0 Å². The minimum absolute atomic E-state index is 0.0379. The fourth-order valence-electron chi connectivity index (χ4n) is 8.23. The minimum atomic E-state index is -0.108. The molecule has 0 spiro atoms. The lowest BCUT2D eigenvalue weighted by Gasteiger charge is -2.22. The van der Waals surface area contributed by atoms with Crippen LogP contribution in [0.15, 0.2) is 133 Å². The molecule has 3 aliphatic carbocycles. The molecule has 0 aliphatic heterocycles. The summed E-state index contributed by atoms with van der Waals surface area (Å²) in [6, 6.07) is 41.7. The average Bonchev–Trinajstić information content (AvgIpc) is 3.51. The molecule has 0 saturated carbocycles. The Morgan fingerprint density at radius 1 is 0.500 bits per heavy atom. The van der Waals surface area contributed by atoms with Gasteiger partial charge in [-0.15, -0.1) is 0 Å². The predicted molar refractivity (Wildman–Crippen MR) is 197 cm³/mol. The lowest BCUT2D eigenvalue weighted by Crippen LogP contribution is -2.15. The minimum Gasteiger partial charge on any atom is -0.212 e. The Morgan fingerprint density at radius 2 is 1.00 bits per heavy atom. The quantitative estimate of drug-likeness (QED) is 0.197. The molecular formula is C45H37N3. The molecule has 3 nitrogen and oxygen atoms in total. The van der Waals surface area contributed by atoms with Gasteiger partial charge in [0.05, 0.1) is 0 Å². The molecule has 9 rings (SSSR count). The van der Waals surface area contributed by atoms with Gasteiger partial charge in [0, 0.05) is 27.9 Å². The third-order valence-electron chi connectivity index (χ3n) is 10.9. The van der Waals surface area contributed by atoms with Gasteiger partial charge in [-0.1, -0.05) is 149 Å². The fourth-order valence-corrected chi connectivity index (χ4v) is 8.23. The first-order chi connectivity index (χ1) is 23.3. The summed E-state index contributed by atoms with van der Waals surface area (Å²) in [7, 11) is 0. The van der Waals surface area contributed by atoms with Crippen LogP contribution >= 0.6 is 0 Å². The third-order valence-corrected chi connectivity index (χ3v) is 10.9. The van der Waals surface area contributed by atoms with Gasteiger partial charge in [-0.2, -0.15) is 0 Å². The van der Waals surface area contributed by atoms with E-state index in [-0.39, 0.29) is 16.7 Å². The molecular weight excluding hydrogens is 583 g/mol. The summed E-state index contributed by atoms with van der Waals surface area (Å²) in [5.41, 5.74) is 14.9. The maximum Gasteiger partial charge on any atom is 0.163 e. The second-order valence-electron chi connectivity index (χ2n) is 14.5. The predicted octanol–water partition coefficient (Wildman–Crippen LogP) is 10.9. The van der Waals surface area contributed by atoms with E-state index in [0.29, 0.717) is 0 Å². The van der Waals surface area contributed by atoms with Gasteiger partial charge < -0.3 is 0 Å². The van der Waals surface area contributed by atoms with Crippen molar-refractivity contribution < 1.29 is 0 Å². The topological polar surface area (TPSA) is 38.7 Å². The summed E-state index contributed by atoms with van der Waals surface area (Å²) in [5, 5.41) is 0. The number of hydrogen-bond donors (Lipinski definition) is 0. The Hall–Kier alpha value is -5.41. The smallest absolute Gasteiger partial charge is 0.163 e. The van der Waals surface area contributed by atoms with Crippen LogP contribution in [0.4, 0.5) is 0 Å². The number of benzene rings is 5. The Balaban J connectivity index is 1.18. The van der Waals surface area contributed by atoms with Crippen molar-refractivity contribution in [2.45, 2.75) is 50.9 Å². The highest BCUT2D eigenvalue weighted by atomic mass is 15.0. The molecule has 0 saturated heterocycles. The Labute approximate surface area is 282 Å². The van der Waals surface area contributed by atoms with Gasteiger partial charge in [-0.05, 0) is 74.2 Å². The summed E-state index contributed by atoms with van der Waals surface area (Å²) < 4.78 is 0. The van der Waals surface area contributed by atoms with E-state index in [1.807, 2.05) is 0 Å². The molecule has 232 valence electrons. The molecule has 3 aliphatic rings. The number of nitrogens with zero attached hydrogens (tertiary/aromatic N) is 3. The standard InChI is InChI=1S/C45H37N3/c1-44(2)37-19-10-8-17-33(37)35-23-21-31(26-39(35)44)42-46-41(30-16-12-15-29(25-30)28-13-6-5-7-14-28)47-43(48-42)32-22-24-36-34-18-9-11-20-38(34)45(3,4)40(36)27-32/h5-24,26-27,30H,25H2,1-4H3. The number of rotatable bonds is 4. The van der Waals surface area contributed by atoms with Gasteiger partial charge in [0.1, 0.15) is 5.82 Å². The maximum atomic E-state index is 5.24. The van der Waals surface area contributed by atoms with Crippen LogP contribution in [0.3, 0.4) is 0 Å². The zero-order valence-electron chi connectivity index (χ0n) is 27.8. The van der Waals surface area contributed by atoms with E-state index in [9.17, 15) is 0 Å². The fraction of sp³-hybridized carbons (Fsp3) is 0.178. The van der Waals surface area contributed by atoms with Gasteiger partial charge >= 0.3 is 0 Å². The SMILES string of the molecule is CC1(C)c2ccccc2-c2ccc(-c3nc(-c4ccc5c(c4)C(C)(C)c4ccccc4-5)nc(C4C=CC=C(c5ccccc5)C4)n3)cc21. The molecule has 6 aromatic rings. The zero-order valence-corrected chi connectivity index (χ0v) is 27.8. The molecule has 0 radical (unpaired) electrons. The van der Waals surface area contributed by atoms with E-state index in [0.717, 1.165) is 35.0 Å². The van der Waals surface area contributed by atoms with Gasteiger partial charge in [0.15, 0.2) is 11.6 Å². The first-order valence-electron chi connectivity index (χ1n) is 17.0. The molecule has 1 unspecified atom stereocenters. The first kappa shape index (κ1) is 28.8. The van der Waals surface area contributed by atoms with Crippen molar-refractivity contribution in [1.29, 1.82) is 0 Å². The van der Waals surface area contributed by atoms with E-state index in [4.69, 9.17) is 15.0 Å². The average molecular weight is 620 g/mol. The van der Waals surface area contributed by atoms with Crippen LogP contribution in [0.1, 0.15) is 73.7 Å². The highest BCUT2D eigenvalue weighted by Crippen LogP contribution is 2.51. The number of allylic oxidation sites excluding steroid dienone is 4. The van der Waals surface area contributed by atoms with E-state index in [1.54, 1.807) is 0 Å². The molecule has 0 bridgehead atoms. The van der Waals surface area contributed by atoms with Crippen LogP contribution in [-0.4, -0.2) is 15.0 Å². The second-order valence-corrected chi connectivity index (χ2v) is 14.5. The molecule has 5 aromatic carbocycles. The lowest BCUT2D eigenvalue weighted by atomic mass is 9.82. The number of hydrogen-bond acceptors (Lipinski definition) is 3. The van der Waals surface area contributed by atoms with Crippen LogP contribution in [0.25, 0.3) is 50.6 Å². The van der Waals surface area contributed by atoms with Crippen LogP contribution in [0.2, 0.25) is 0 Å². The van der Waals surface area contributed by atoms with Crippen LogP contribution in [-0.2, 0) is 10.8 Å². The van der Waals surface area contributed by atoms with Crippen molar-refractivity contribution >= 4 is 5.57 Å². The molecule has 0 fully saturated rings. The summed E-state index contributed by atoms with van der Waals surface area (Å²) in [6.45, 7) is 9.28. The third kappa shape index (κ3) is 4.37. The van der Waals surface area contributed by atoms with E-state index in [1.165, 1.54) is 55.6 Å². The van der Waals surface area contributed by atoms with Crippen LogP contribution in [0.5, 0.6) is 0 Å². The van der Waals surface area contributed by atoms with Crippen molar-refractivity contribution in [3.63, 3.8) is 0 Å². The summed E-state index contributed by atoms with van der Waals surface area (Å²) in [4.78, 5) is 15.7. The molecule has 1 heterocycles.